The zero-order valence-electron chi connectivity index (χ0n) is 15.7. The lowest BCUT2D eigenvalue weighted by molar-refractivity contribution is -0.131. The number of benzene rings is 1. The molecule has 0 radical (unpaired) electrons. The summed E-state index contributed by atoms with van der Waals surface area (Å²) >= 11 is 0. The lowest BCUT2D eigenvalue weighted by Gasteiger charge is -2.40. The summed E-state index contributed by atoms with van der Waals surface area (Å²) in [5.41, 5.74) is 0.743. The normalized spacial score (nSPS) is 25.5. The van der Waals surface area contributed by atoms with Crippen LogP contribution < -0.4 is 0 Å². The molecule has 2 heterocycles. The molecule has 0 aromatic heterocycles. The predicted octanol–water partition coefficient (Wildman–Crippen LogP) is 0.866. The summed E-state index contributed by atoms with van der Waals surface area (Å²) in [7, 11) is -3.56. The van der Waals surface area contributed by atoms with Gasteiger partial charge < -0.3 is 9.64 Å². The smallest absolute Gasteiger partial charge is 0.282 e. The van der Waals surface area contributed by atoms with Crippen LogP contribution in [0.4, 0.5) is 4.39 Å². The van der Waals surface area contributed by atoms with Crippen molar-refractivity contribution >= 4 is 16.1 Å². The van der Waals surface area contributed by atoms with Gasteiger partial charge in [-0.1, -0.05) is 12.1 Å². The third kappa shape index (κ3) is 4.84. The summed E-state index contributed by atoms with van der Waals surface area (Å²) < 4.78 is 47.3. The molecular formula is C18H26FN3O4S. The second kappa shape index (κ2) is 8.22. The van der Waals surface area contributed by atoms with Crippen molar-refractivity contribution < 1.29 is 22.3 Å². The average Bonchev–Trinajstić information content (AvgIpc) is 2.63. The van der Waals surface area contributed by atoms with Crippen molar-refractivity contribution in [3.05, 3.63) is 35.6 Å². The van der Waals surface area contributed by atoms with E-state index in [1.54, 1.807) is 17.0 Å². The van der Waals surface area contributed by atoms with Gasteiger partial charge in [0.05, 0.1) is 18.6 Å². The Hall–Kier alpha value is -1.55. The summed E-state index contributed by atoms with van der Waals surface area (Å²) in [6.07, 6.45) is -0.0879. The highest BCUT2D eigenvalue weighted by molar-refractivity contribution is 7.86. The Labute approximate surface area is 159 Å². The fourth-order valence-electron chi connectivity index (χ4n) is 3.54. The van der Waals surface area contributed by atoms with Gasteiger partial charge in [-0.3, -0.25) is 4.79 Å². The van der Waals surface area contributed by atoms with Crippen LogP contribution in [0.2, 0.25) is 0 Å². The Morgan fingerprint density at radius 1 is 1.04 bits per heavy atom. The molecule has 0 unspecified atom stereocenters. The molecule has 1 aromatic carbocycles. The van der Waals surface area contributed by atoms with Crippen LogP contribution >= 0.6 is 0 Å². The summed E-state index contributed by atoms with van der Waals surface area (Å²) in [6.45, 7) is 5.68. The molecule has 3 rings (SSSR count). The fourth-order valence-corrected chi connectivity index (χ4v) is 5.29. The van der Waals surface area contributed by atoms with Crippen LogP contribution in [0.5, 0.6) is 0 Å². The number of ether oxygens (including phenoxy) is 1. The monoisotopic (exact) mass is 399 g/mol. The maximum absolute atomic E-state index is 13.0. The van der Waals surface area contributed by atoms with Gasteiger partial charge in [0.1, 0.15) is 5.82 Å². The van der Waals surface area contributed by atoms with Crippen molar-refractivity contribution in [2.75, 3.05) is 39.3 Å². The standard InChI is InChI=1S/C18H26FN3O4S/c1-14-12-22(13-15(2)26-14)27(24,25)21-9-7-20(8-10-21)18(23)11-16-3-5-17(19)6-4-16/h3-6,14-15H,7-13H2,1-2H3/t14-,15-/m0/s1. The summed E-state index contributed by atoms with van der Waals surface area (Å²) in [5, 5.41) is 0. The van der Waals surface area contributed by atoms with E-state index < -0.39 is 10.2 Å². The maximum atomic E-state index is 13.0. The number of piperazine rings is 1. The van der Waals surface area contributed by atoms with Gasteiger partial charge in [0, 0.05) is 39.3 Å². The van der Waals surface area contributed by atoms with Crippen molar-refractivity contribution in [2.24, 2.45) is 0 Å². The molecule has 2 aliphatic heterocycles. The first-order valence-corrected chi connectivity index (χ1v) is 10.6. The quantitative estimate of drug-likeness (QED) is 0.753. The van der Waals surface area contributed by atoms with E-state index in [2.05, 4.69) is 0 Å². The van der Waals surface area contributed by atoms with E-state index in [9.17, 15) is 17.6 Å². The number of hydrogen-bond acceptors (Lipinski definition) is 4. The number of carbonyl (C=O) groups excluding carboxylic acids is 1. The van der Waals surface area contributed by atoms with E-state index in [-0.39, 0.29) is 43.4 Å². The van der Waals surface area contributed by atoms with E-state index in [1.807, 2.05) is 13.8 Å². The number of morpholine rings is 1. The first-order valence-electron chi connectivity index (χ1n) is 9.18. The molecule has 0 aliphatic carbocycles. The van der Waals surface area contributed by atoms with Gasteiger partial charge >= 0.3 is 0 Å². The second-order valence-corrected chi connectivity index (χ2v) is 9.09. The molecular weight excluding hydrogens is 373 g/mol. The Balaban J connectivity index is 1.56. The van der Waals surface area contributed by atoms with Gasteiger partial charge in [0.2, 0.25) is 5.91 Å². The first kappa shape index (κ1) is 20.2. The molecule has 0 saturated carbocycles. The molecule has 2 fully saturated rings. The zero-order chi connectivity index (χ0) is 19.6. The lowest BCUT2D eigenvalue weighted by atomic mass is 10.1. The highest BCUT2D eigenvalue weighted by Gasteiger charge is 2.37. The molecule has 0 bridgehead atoms. The summed E-state index contributed by atoms with van der Waals surface area (Å²) in [5.74, 6) is -0.413. The van der Waals surface area contributed by atoms with Gasteiger partial charge in [0.25, 0.3) is 10.2 Å². The van der Waals surface area contributed by atoms with Crippen LogP contribution in [0.25, 0.3) is 0 Å². The number of amides is 1. The molecule has 2 atom stereocenters. The third-order valence-electron chi connectivity index (χ3n) is 4.90. The van der Waals surface area contributed by atoms with Crippen LogP contribution in [0, 0.1) is 5.82 Å². The Morgan fingerprint density at radius 2 is 1.59 bits per heavy atom. The largest absolute Gasteiger partial charge is 0.373 e. The van der Waals surface area contributed by atoms with Crippen molar-refractivity contribution in [2.45, 2.75) is 32.5 Å². The third-order valence-corrected chi connectivity index (χ3v) is 6.87. The van der Waals surface area contributed by atoms with Crippen LogP contribution in [-0.4, -0.2) is 79.3 Å². The summed E-state index contributed by atoms with van der Waals surface area (Å²) in [4.78, 5) is 14.1. The van der Waals surface area contributed by atoms with E-state index in [1.165, 1.54) is 20.7 Å². The highest BCUT2D eigenvalue weighted by atomic mass is 32.2. The summed E-state index contributed by atoms with van der Waals surface area (Å²) in [6, 6.07) is 5.85. The zero-order valence-corrected chi connectivity index (χ0v) is 16.5. The number of carbonyl (C=O) groups is 1. The van der Waals surface area contributed by atoms with E-state index in [4.69, 9.17) is 4.74 Å². The number of halogens is 1. The number of rotatable bonds is 4. The second-order valence-electron chi connectivity index (χ2n) is 7.17. The van der Waals surface area contributed by atoms with Gasteiger partial charge in [-0.15, -0.1) is 0 Å². The van der Waals surface area contributed by atoms with Gasteiger partial charge in [-0.25, -0.2) is 4.39 Å². The molecule has 0 N–H and O–H groups in total. The minimum Gasteiger partial charge on any atom is -0.373 e. The SMILES string of the molecule is C[C@H]1CN(S(=O)(=O)N2CCN(C(=O)Cc3ccc(F)cc3)CC2)C[C@H](C)O1. The molecule has 150 valence electrons. The van der Waals surface area contributed by atoms with Crippen molar-refractivity contribution in [3.8, 4) is 0 Å². The van der Waals surface area contributed by atoms with E-state index in [0.29, 0.717) is 26.2 Å². The van der Waals surface area contributed by atoms with Crippen LogP contribution in [0.3, 0.4) is 0 Å². The molecule has 9 heteroatoms. The molecule has 27 heavy (non-hydrogen) atoms. The lowest BCUT2D eigenvalue weighted by Crippen LogP contribution is -2.57. The molecule has 1 amide bonds. The fraction of sp³-hybridized carbons (Fsp3) is 0.611. The predicted molar refractivity (Wildman–Crippen MR) is 98.8 cm³/mol. The number of nitrogens with zero attached hydrogens (tertiary/aromatic N) is 3. The van der Waals surface area contributed by atoms with Gasteiger partial charge in [-0.05, 0) is 31.5 Å². The highest BCUT2D eigenvalue weighted by Crippen LogP contribution is 2.19. The van der Waals surface area contributed by atoms with Crippen LogP contribution in [0.15, 0.2) is 24.3 Å². The van der Waals surface area contributed by atoms with Crippen molar-refractivity contribution in [1.29, 1.82) is 0 Å². The molecule has 2 saturated heterocycles. The van der Waals surface area contributed by atoms with Gasteiger partial charge in [-0.2, -0.15) is 17.0 Å². The minimum atomic E-state index is -3.56. The molecule has 0 spiro atoms. The Morgan fingerprint density at radius 3 is 2.15 bits per heavy atom. The molecule has 7 nitrogen and oxygen atoms in total. The average molecular weight is 399 g/mol. The van der Waals surface area contributed by atoms with E-state index >= 15 is 0 Å². The molecule has 1 aromatic rings. The first-order chi connectivity index (χ1) is 12.8. The Kier molecular flexibility index (Phi) is 6.15. The topological polar surface area (TPSA) is 70.2 Å². The van der Waals surface area contributed by atoms with E-state index in [0.717, 1.165) is 5.56 Å². The molecule has 2 aliphatic rings. The number of hydrogen-bond donors (Lipinski definition) is 0. The van der Waals surface area contributed by atoms with Crippen LogP contribution in [0.1, 0.15) is 19.4 Å². The maximum Gasteiger partial charge on any atom is 0.282 e. The van der Waals surface area contributed by atoms with Crippen molar-refractivity contribution in [1.82, 2.24) is 13.5 Å². The Bertz CT molecular complexity index is 753. The van der Waals surface area contributed by atoms with Gasteiger partial charge in [0.15, 0.2) is 0 Å². The minimum absolute atomic E-state index is 0.0766. The van der Waals surface area contributed by atoms with Crippen LogP contribution in [-0.2, 0) is 26.2 Å². The van der Waals surface area contributed by atoms with Crippen molar-refractivity contribution in [3.63, 3.8) is 0 Å².